The summed E-state index contributed by atoms with van der Waals surface area (Å²) in [6, 6.07) is 6.15. The second-order valence-electron chi connectivity index (χ2n) is 5.90. The molecule has 0 radical (unpaired) electrons. The molecule has 1 aromatic carbocycles. The van der Waals surface area contributed by atoms with Crippen molar-refractivity contribution in [3.63, 3.8) is 0 Å². The van der Waals surface area contributed by atoms with Gasteiger partial charge in [0.15, 0.2) is 0 Å². The Morgan fingerprint density at radius 3 is 2.70 bits per heavy atom. The van der Waals surface area contributed by atoms with Gasteiger partial charge in [0.05, 0.1) is 17.1 Å². The van der Waals surface area contributed by atoms with E-state index in [4.69, 9.17) is 0 Å². The van der Waals surface area contributed by atoms with Gasteiger partial charge >= 0.3 is 0 Å². The quantitative estimate of drug-likeness (QED) is 0.876. The third kappa shape index (κ3) is 3.92. The molecule has 0 fully saturated rings. The summed E-state index contributed by atoms with van der Waals surface area (Å²) in [7, 11) is 0. The minimum absolute atomic E-state index is 0.0688. The van der Waals surface area contributed by atoms with Crippen molar-refractivity contribution >= 4 is 23.0 Å². The van der Waals surface area contributed by atoms with Gasteiger partial charge in [-0.3, -0.25) is 10.2 Å². The fraction of sp³-hybridized carbons (Fsp3) is 0.444. The van der Waals surface area contributed by atoms with E-state index in [1.54, 1.807) is 0 Å². The van der Waals surface area contributed by atoms with Crippen LogP contribution in [-0.2, 0) is 4.79 Å². The summed E-state index contributed by atoms with van der Waals surface area (Å²) >= 11 is 0. The minimum Gasteiger partial charge on any atom is -0.370 e. The second-order valence-corrected chi connectivity index (χ2v) is 5.90. The molecule has 1 atom stereocenters. The van der Waals surface area contributed by atoms with Crippen molar-refractivity contribution in [1.82, 2.24) is 5.43 Å². The first kappa shape index (κ1) is 17.1. The number of nitrogens with one attached hydrogen (secondary N) is 2. The van der Waals surface area contributed by atoms with Gasteiger partial charge in [0.25, 0.3) is 0 Å². The summed E-state index contributed by atoms with van der Waals surface area (Å²) in [5.74, 6) is 0.230. The SMILES string of the molecule is C=C1CC(C)C(c2ccc(N(CC)CC)c(NC(C)=O)c2)=NN1. The third-order valence-corrected chi connectivity index (χ3v) is 4.06. The van der Waals surface area contributed by atoms with E-state index in [1.807, 2.05) is 6.07 Å². The molecule has 0 saturated carbocycles. The molecular weight excluding hydrogens is 288 g/mol. The molecule has 5 heteroatoms. The summed E-state index contributed by atoms with van der Waals surface area (Å²) in [6.07, 6.45) is 0.867. The second kappa shape index (κ2) is 7.31. The molecule has 2 rings (SSSR count). The van der Waals surface area contributed by atoms with Crippen LogP contribution in [0.15, 0.2) is 35.6 Å². The zero-order valence-electron chi connectivity index (χ0n) is 14.4. The van der Waals surface area contributed by atoms with Gasteiger partial charge in [-0.1, -0.05) is 19.6 Å². The zero-order chi connectivity index (χ0) is 17.0. The number of carbonyl (C=O) groups excluding carboxylic acids is 1. The zero-order valence-corrected chi connectivity index (χ0v) is 14.4. The van der Waals surface area contributed by atoms with E-state index in [2.05, 4.69) is 60.2 Å². The monoisotopic (exact) mass is 314 g/mol. The van der Waals surface area contributed by atoms with E-state index >= 15 is 0 Å². The van der Waals surface area contributed by atoms with E-state index in [0.29, 0.717) is 5.92 Å². The number of benzene rings is 1. The molecule has 0 aromatic heterocycles. The van der Waals surface area contributed by atoms with Gasteiger partial charge in [0, 0.05) is 37.2 Å². The molecule has 1 amide bonds. The summed E-state index contributed by atoms with van der Waals surface area (Å²) in [5, 5.41) is 7.39. The van der Waals surface area contributed by atoms with Crippen molar-refractivity contribution < 1.29 is 4.79 Å². The van der Waals surface area contributed by atoms with Crippen LogP contribution in [0.3, 0.4) is 0 Å². The van der Waals surface area contributed by atoms with Crippen molar-refractivity contribution in [3.8, 4) is 0 Å². The number of hydrogen-bond acceptors (Lipinski definition) is 4. The van der Waals surface area contributed by atoms with E-state index in [9.17, 15) is 4.79 Å². The van der Waals surface area contributed by atoms with Crippen LogP contribution in [0.25, 0.3) is 0 Å². The van der Waals surface area contributed by atoms with E-state index < -0.39 is 0 Å². The lowest BCUT2D eigenvalue weighted by atomic mass is 9.92. The van der Waals surface area contributed by atoms with Gasteiger partial charge in [0.2, 0.25) is 5.91 Å². The highest BCUT2D eigenvalue weighted by Gasteiger charge is 2.20. The number of amides is 1. The number of hydrogen-bond donors (Lipinski definition) is 2. The summed E-state index contributed by atoms with van der Waals surface area (Å²) in [5.41, 5.74) is 7.80. The molecule has 0 spiro atoms. The Kier molecular flexibility index (Phi) is 5.42. The predicted molar refractivity (Wildman–Crippen MR) is 96.9 cm³/mol. The number of rotatable bonds is 5. The largest absolute Gasteiger partial charge is 0.370 e. The first-order chi connectivity index (χ1) is 11.0. The van der Waals surface area contributed by atoms with Gasteiger partial charge in [-0.2, -0.15) is 5.10 Å². The van der Waals surface area contributed by atoms with Crippen LogP contribution >= 0.6 is 0 Å². The molecule has 1 unspecified atom stereocenters. The van der Waals surface area contributed by atoms with Gasteiger partial charge in [-0.05, 0) is 32.4 Å². The normalized spacial score (nSPS) is 17.3. The molecular formula is C18H26N4O. The van der Waals surface area contributed by atoms with E-state index in [1.165, 1.54) is 6.92 Å². The molecule has 0 aliphatic carbocycles. The fourth-order valence-electron chi connectivity index (χ4n) is 2.94. The summed E-state index contributed by atoms with van der Waals surface area (Å²) < 4.78 is 0. The Labute approximate surface area is 138 Å². The van der Waals surface area contributed by atoms with Crippen molar-refractivity contribution in [2.24, 2.45) is 11.0 Å². The van der Waals surface area contributed by atoms with Crippen molar-refractivity contribution in [1.29, 1.82) is 0 Å². The fourth-order valence-corrected chi connectivity index (χ4v) is 2.94. The van der Waals surface area contributed by atoms with Crippen LogP contribution in [0.2, 0.25) is 0 Å². The van der Waals surface area contributed by atoms with Crippen LogP contribution < -0.4 is 15.6 Å². The first-order valence-electron chi connectivity index (χ1n) is 8.14. The van der Waals surface area contributed by atoms with Crippen LogP contribution in [0.4, 0.5) is 11.4 Å². The van der Waals surface area contributed by atoms with Crippen LogP contribution in [-0.4, -0.2) is 24.7 Å². The van der Waals surface area contributed by atoms with E-state index in [0.717, 1.165) is 47.9 Å². The highest BCUT2D eigenvalue weighted by Crippen LogP contribution is 2.30. The molecule has 5 nitrogen and oxygen atoms in total. The summed E-state index contributed by atoms with van der Waals surface area (Å²) in [4.78, 5) is 13.8. The molecule has 0 saturated heterocycles. The maximum Gasteiger partial charge on any atom is 0.221 e. The minimum atomic E-state index is -0.0688. The van der Waals surface area contributed by atoms with Gasteiger partial charge < -0.3 is 10.2 Å². The Bertz CT molecular complexity index is 632. The lowest BCUT2D eigenvalue weighted by Crippen LogP contribution is -2.26. The number of allylic oxidation sites excluding steroid dienone is 1. The smallest absolute Gasteiger partial charge is 0.221 e. The predicted octanol–water partition coefficient (Wildman–Crippen LogP) is 3.34. The van der Waals surface area contributed by atoms with Crippen LogP contribution in [0, 0.1) is 5.92 Å². The van der Waals surface area contributed by atoms with Crippen molar-refractivity contribution in [2.75, 3.05) is 23.3 Å². The Morgan fingerprint density at radius 1 is 1.43 bits per heavy atom. The van der Waals surface area contributed by atoms with Crippen LogP contribution in [0.1, 0.15) is 39.7 Å². The first-order valence-corrected chi connectivity index (χ1v) is 8.14. The van der Waals surface area contributed by atoms with Crippen molar-refractivity contribution in [3.05, 3.63) is 36.0 Å². The van der Waals surface area contributed by atoms with Crippen molar-refractivity contribution in [2.45, 2.75) is 34.1 Å². The van der Waals surface area contributed by atoms with Gasteiger partial charge in [-0.15, -0.1) is 0 Å². The number of nitrogens with zero attached hydrogens (tertiary/aromatic N) is 2. The molecule has 0 bridgehead atoms. The topological polar surface area (TPSA) is 56.7 Å². The number of anilines is 2. The average molecular weight is 314 g/mol. The Balaban J connectivity index is 2.43. The molecule has 2 N–H and O–H groups in total. The van der Waals surface area contributed by atoms with Gasteiger partial charge in [0.1, 0.15) is 0 Å². The van der Waals surface area contributed by atoms with Crippen LogP contribution in [0.5, 0.6) is 0 Å². The maximum absolute atomic E-state index is 11.6. The maximum atomic E-state index is 11.6. The van der Waals surface area contributed by atoms with E-state index in [-0.39, 0.29) is 5.91 Å². The molecule has 1 aliphatic rings. The lowest BCUT2D eigenvalue weighted by Gasteiger charge is -2.26. The number of carbonyl (C=O) groups is 1. The molecule has 1 aliphatic heterocycles. The molecule has 1 aromatic rings. The number of hydrazone groups is 1. The third-order valence-electron chi connectivity index (χ3n) is 4.06. The lowest BCUT2D eigenvalue weighted by molar-refractivity contribution is -0.114. The Morgan fingerprint density at radius 2 is 2.13 bits per heavy atom. The average Bonchev–Trinajstić information content (AvgIpc) is 2.49. The summed E-state index contributed by atoms with van der Waals surface area (Å²) in [6.45, 7) is 13.6. The Hall–Kier alpha value is -2.30. The molecule has 23 heavy (non-hydrogen) atoms. The standard InChI is InChI=1S/C18H26N4O/c1-6-22(7-2)17-9-8-15(11-16(17)19-14(5)23)18-12(3)10-13(4)20-21-18/h8-9,11-12,20H,4,6-7,10H2,1-3,5H3,(H,19,23). The molecule has 1 heterocycles. The highest BCUT2D eigenvalue weighted by molar-refractivity contribution is 6.05. The molecule has 124 valence electrons. The highest BCUT2D eigenvalue weighted by atomic mass is 16.1. The van der Waals surface area contributed by atoms with Gasteiger partial charge in [-0.25, -0.2) is 0 Å².